The number of benzene rings is 1. The van der Waals surface area contributed by atoms with Gasteiger partial charge in [0.15, 0.2) is 5.82 Å². The molecule has 2 aromatic rings. The lowest BCUT2D eigenvalue weighted by Gasteiger charge is -2.22. The van der Waals surface area contributed by atoms with E-state index in [4.69, 9.17) is 0 Å². The zero-order valence-electron chi connectivity index (χ0n) is 13.3. The lowest BCUT2D eigenvalue weighted by Crippen LogP contribution is -2.23. The van der Waals surface area contributed by atoms with Crippen molar-refractivity contribution in [1.29, 1.82) is 0 Å². The fraction of sp³-hybridized carbons (Fsp3) is 0.412. The monoisotopic (exact) mass is 284 g/mol. The summed E-state index contributed by atoms with van der Waals surface area (Å²) in [5.41, 5.74) is 3.37. The maximum atomic E-state index is 4.37. The summed E-state index contributed by atoms with van der Waals surface area (Å²) < 4.78 is 0. The minimum absolute atomic E-state index is 0.450. The lowest BCUT2D eigenvalue weighted by atomic mass is 10.2. The van der Waals surface area contributed by atoms with Gasteiger partial charge in [-0.15, -0.1) is 5.10 Å². The minimum atomic E-state index is 0.450. The van der Waals surface area contributed by atoms with Crippen LogP contribution in [0.15, 0.2) is 36.4 Å². The quantitative estimate of drug-likeness (QED) is 0.882. The van der Waals surface area contributed by atoms with Crippen molar-refractivity contribution in [3.63, 3.8) is 0 Å². The summed E-state index contributed by atoms with van der Waals surface area (Å²) in [6.07, 6.45) is 0. The largest absolute Gasteiger partial charge is 0.325 e. The number of hydrogen-bond donors (Lipinski definition) is 1. The van der Waals surface area contributed by atoms with Gasteiger partial charge in [-0.05, 0) is 43.7 Å². The van der Waals surface area contributed by atoms with E-state index in [-0.39, 0.29) is 0 Å². The fourth-order valence-corrected chi connectivity index (χ4v) is 2.17. The standard InChI is InChI=1S/C17H24N4/c1-5-21(16-8-6-7-14(4)11-16)17-10-9-15(19-20-17)12-18-13(2)3/h6-11,13,18H,5,12H2,1-4H3. The molecule has 0 saturated heterocycles. The van der Waals surface area contributed by atoms with Crippen molar-refractivity contribution in [2.24, 2.45) is 0 Å². The molecule has 1 aromatic heterocycles. The summed E-state index contributed by atoms with van der Waals surface area (Å²) in [7, 11) is 0. The van der Waals surface area contributed by atoms with E-state index in [0.717, 1.165) is 30.3 Å². The molecule has 1 N–H and O–H groups in total. The number of nitrogens with zero attached hydrogens (tertiary/aromatic N) is 3. The molecule has 4 nitrogen and oxygen atoms in total. The summed E-state index contributed by atoms with van der Waals surface area (Å²) >= 11 is 0. The van der Waals surface area contributed by atoms with Crippen LogP contribution in [0.25, 0.3) is 0 Å². The molecule has 0 aliphatic rings. The average molecular weight is 284 g/mol. The molecule has 0 atom stereocenters. The first-order valence-electron chi connectivity index (χ1n) is 7.50. The summed E-state index contributed by atoms with van der Waals surface area (Å²) in [6, 6.07) is 13.0. The highest BCUT2D eigenvalue weighted by molar-refractivity contribution is 5.60. The van der Waals surface area contributed by atoms with Crippen LogP contribution in [0, 0.1) is 6.92 Å². The van der Waals surface area contributed by atoms with Crippen molar-refractivity contribution in [2.75, 3.05) is 11.4 Å². The first-order chi connectivity index (χ1) is 10.1. The van der Waals surface area contributed by atoms with Crippen molar-refractivity contribution in [1.82, 2.24) is 15.5 Å². The zero-order valence-corrected chi connectivity index (χ0v) is 13.3. The van der Waals surface area contributed by atoms with Gasteiger partial charge in [0.25, 0.3) is 0 Å². The van der Waals surface area contributed by atoms with Gasteiger partial charge in [0.05, 0.1) is 5.69 Å². The second kappa shape index (κ2) is 7.18. The van der Waals surface area contributed by atoms with Gasteiger partial charge in [0.2, 0.25) is 0 Å². The fourth-order valence-electron chi connectivity index (χ4n) is 2.17. The molecule has 21 heavy (non-hydrogen) atoms. The Morgan fingerprint density at radius 1 is 1.14 bits per heavy atom. The normalized spacial score (nSPS) is 10.9. The molecule has 112 valence electrons. The Morgan fingerprint density at radius 3 is 2.52 bits per heavy atom. The molecule has 0 aliphatic carbocycles. The van der Waals surface area contributed by atoms with Gasteiger partial charge in [-0.2, -0.15) is 5.10 Å². The molecule has 0 fully saturated rings. The van der Waals surface area contributed by atoms with Crippen LogP contribution in [0.5, 0.6) is 0 Å². The lowest BCUT2D eigenvalue weighted by molar-refractivity contribution is 0.577. The molecule has 0 amide bonds. The highest BCUT2D eigenvalue weighted by atomic mass is 15.3. The molecule has 1 aromatic carbocycles. The summed E-state index contributed by atoms with van der Waals surface area (Å²) in [6.45, 7) is 10.1. The number of rotatable bonds is 6. The van der Waals surface area contributed by atoms with Gasteiger partial charge in [0, 0.05) is 24.8 Å². The molecule has 1 heterocycles. The Morgan fingerprint density at radius 2 is 1.95 bits per heavy atom. The minimum Gasteiger partial charge on any atom is -0.325 e. The molecular formula is C17H24N4. The third-order valence-electron chi connectivity index (χ3n) is 3.30. The van der Waals surface area contributed by atoms with E-state index in [2.05, 4.69) is 72.4 Å². The van der Waals surface area contributed by atoms with Crippen LogP contribution < -0.4 is 10.2 Å². The second-order valence-corrected chi connectivity index (χ2v) is 5.50. The predicted molar refractivity (Wildman–Crippen MR) is 87.9 cm³/mol. The third-order valence-corrected chi connectivity index (χ3v) is 3.30. The Balaban J connectivity index is 2.15. The number of hydrogen-bond acceptors (Lipinski definition) is 4. The highest BCUT2D eigenvalue weighted by Gasteiger charge is 2.09. The van der Waals surface area contributed by atoms with Crippen LogP contribution in [0.3, 0.4) is 0 Å². The van der Waals surface area contributed by atoms with Crippen LogP contribution >= 0.6 is 0 Å². The van der Waals surface area contributed by atoms with E-state index in [1.165, 1.54) is 5.56 Å². The van der Waals surface area contributed by atoms with Crippen molar-refractivity contribution in [3.8, 4) is 0 Å². The molecule has 4 heteroatoms. The number of nitrogens with one attached hydrogen (secondary N) is 1. The Bertz CT molecular complexity index is 563. The maximum absolute atomic E-state index is 4.37. The summed E-state index contributed by atoms with van der Waals surface area (Å²) in [4.78, 5) is 2.17. The van der Waals surface area contributed by atoms with Crippen LogP contribution in [0.4, 0.5) is 11.5 Å². The van der Waals surface area contributed by atoms with Gasteiger partial charge in [-0.25, -0.2) is 0 Å². The summed E-state index contributed by atoms with van der Waals surface area (Å²) in [5, 5.41) is 12.0. The molecule has 0 aliphatic heterocycles. The Labute approximate surface area is 127 Å². The van der Waals surface area contributed by atoms with Crippen molar-refractivity contribution >= 4 is 11.5 Å². The molecule has 0 spiro atoms. The average Bonchev–Trinajstić information content (AvgIpc) is 2.47. The molecular weight excluding hydrogens is 260 g/mol. The third kappa shape index (κ3) is 4.26. The number of anilines is 2. The first kappa shape index (κ1) is 15.4. The van der Waals surface area contributed by atoms with Crippen LogP contribution in [0.2, 0.25) is 0 Å². The van der Waals surface area contributed by atoms with E-state index in [9.17, 15) is 0 Å². The van der Waals surface area contributed by atoms with Gasteiger partial charge in [0.1, 0.15) is 0 Å². The van der Waals surface area contributed by atoms with Gasteiger partial charge < -0.3 is 10.2 Å². The topological polar surface area (TPSA) is 41.0 Å². The predicted octanol–water partition coefficient (Wildman–Crippen LogP) is 3.44. The van der Waals surface area contributed by atoms with E-state index >= 15 is 0 Å². The van der Waals surface area contributed by atoms with E-state index in [1.54, 1.807) is 0 Å². The van der Waals surface area contributed by atoms with Crippen molar-refractivity contribution in [2.45, 2.75) is 40.3 Å². The maximum Gasteiger partial charge on any atom is 0.155 e. The second-order valence-electron chi connectivity index (χ2n) is 5.50. The molecule has 0 saturated carbocycles. The van der Waals surface area contributed by atoms with E-state index in [1.807, 2.05) is 12.1 Å². The van der Waals surface area contributed by atoms with Crippen LogP contribution in [0.1, 0.15) is 32.0 Å². The molecule has 2 rings (SSSR count). The molecule has 0 bridgehead atoms. The van der Waals surface area contributed by atoms with E-state index < -0.39 is 0 Å². The molecule has 0 radical (unpaired) electrons. The number of aryl methyl sites for hydroxylation is 1. The molecule has 0 unspecified atom stereocenters. The zero-order chi connectivity index (χ0) is 15.2. The first-order valence-corrected chi connectivity index (χ1v) is 7.50. The van der Waals surface area contributed by atoms with Crippen molar-refractivity contribution in [3.05, 3.63) is 47.7 Å². The van der Waals surface area contributed by atoms with Crippen LogP contribution in [-0.4, -0.2) is 22.8 Å². The van der Waals surface area contributed by atoms with E-state index in [0.29, 0.717) is 6.04 Å². The highest BCUT2D eigenvalue weighted by Crippen LogP contribution is 2.23. The smallest absolute Gasteiger partial charge is 0.155 e. The van der Waals surface area contributed by atoms with Gasteiger partial charge >= 0.3 is 0 Å². The van der Waals surface area contributed by atoms with Crippen LogP contribution in [-0.2, 0) is 6.54 Å². The van der Waals surface area contributed by atoms with Gasteiger partial charge in [-0.3, -0.25) is 0 Å². The SMILES string of the molecule is CCN(c1cccc(C)c1)c1ccc(CNC(C)C)nn1. The van der Waals surface area contributed by atoms with Gasteiger partial charge in [-0.1, -0.05) is 26.0 Å². The Kier molecular flexibility index (Phi) is 5.28. The number of aromatic nitrogens is 2. The summed E-state index contributed by atoms with van der Waals surface area (Å²) in [5.74, 6) is 0.886. The Hall–Kier alpha value is -1.94. The van der Waals surface area contributed by atoms with Crippen molar-refractivity contribution < 1.29 is 0 Å².